The van der Waals surface area contributed by atoms with E-state index in [-0.39, 0.29) is 11.9 Å². The Labute approximate surface area is 105 Å². The molecule has 0 saturated carbocycles. The molecule has 2 heterocycles. The minimum absolute atomic E-state index is 0.0841. The van der Waals surface area contributed by atoms with Gasteiger partial charge in [-0.05, 0) is 18.6 Å². The van der Waals surface area contributed by atoms with E-state index in [0.717, 1.165) is 30.8 Å². The van der Waals surface area contributed by atoms with Crippen LogP contribution < -0.4 is 5.73 Å². The summed E-state index contributed by atoms with van der Waals surface area (Å²) in [6, 6.07) is 2.91. The van der Waals surface area contributed by atoms with E-state index in [9.17, 15) is 4.39 Å². The molecule has 18 heavy (non-hydrogen) atoms. The number of aromatic nitrogens is 3. The van der Waals surface area contributed by atoms with Gasteiger partial charge in [-0.15, -0.1) is 0 Å². The van der Waals surface area contributed by atoms with Crippen LogP contribution in [-0.2, 0) is 0 Å². The van der Waals surface area contributed by atoms with Gasteiger partial charge in [0.15, 0.2) is 0 Å². The molecule has 4 nitrogen and oxygen atoms in total. The van der Waals surface area contributed by atoms with Crippen LogP contribution in [0.1, 0.15) is 38.1 Å². The Morgan fingerprint density at radius 1 is 1.33 bits per heavy atom. The second-order valence-corrected chi connectivity index (χ2v) is 4.29. The quantitative estimate of drug-likeness (QED) is 0.855. The summed E-state index contributed by atoms with van der Waals surface area (Å²) in [7, 11) is 0. The van der Waals surface area contributed by atoms with Crippen molar-refractivity contribution < 1.29 is 4.39 Å². The minimum atomic E-state index is -0.349. The third-order valence-corrected chi connectivity index (χ3v) is 2.82. The fourth-order valence-corrected chi connectivity index (χ4v) is 1.75. The van der Waals surface area contributed by atoms with Crippen molar-refractivity contribution in [2.24, 2.45) is 5.73 Å². The molecule has 0 saturated heterocycles. The van der Waals surface area contributed by atoms with Crippen LogP contribution >= 0.6 is 0 Å². The predicted molar refractivity (Wildman–Crippen MR) is 68.2 cm³/mol. The number of hydrogen-bond acceptors (Lipinski definition) is 3. The molecule has 0 aliphatic rings. The van der Waals surface area contributed by atoms with E-state index in [1.54, 1.807) is 12.3 Å². The number of aromatic amines is 1. The van der Waals surface area contributed by atoms with Gasteiger partial charge in [0.25, 0.3) is 0 Å². The van der Waals surface area contributed by atoms with Crippen LogP contribution in [0.25, 0.3) is 11.4 Å². The lowest BCUT2D eigenvalue weighted by atomic mass is 10.1. The van der Waals surface area contributed by atoms with Crippen molar-refractivity contribution in [3.63, 3.8) is 0 Å². The molecule has 0 aliphatic heterocycles. The van der Waals surface area contributed by atoms with Crippen LogP contribution in [0, 0.1) is 5.82 Å². The number of nitrogens with zero attached hydrogens (tertiary/aromatic N) is 2. The number of H-pyrrole nitrogens is 1. The highest BCUT2D eigenvalue weighted by molar-refractivity contribution is 5.52. The van der Waals surface area contributed by atoms with Gasteiger partial charge >= 0.3 is 0 Å². The molecule has 0 fully saturated rings. The summed E-state index contributed by atoms with van der Waals surface area (Å²) in [5, 5.41) is 0. The average Bonchev–Trinajstić information content (AvgIpc) is 2.86. The van der Waals surface area contributed by atoms with E-state index in [4.69, 9.17) is 5.73 Å². The van der Waals surface area contributed by atoms with Crippen molar-refractivity contribution >= 4 is 0 Å². The minimum Gasteiger partial charge on any atom is -0.339 e. The molecule has 96 valence electrons. The van der Waals surface area contributed by atoms with Crippen molar-refractivity contribution in [3.05, 3.63) is 36.2 Å². The first-order chi connectivity index (χ1) is 8.70. The highest BCUT2D eigenvalue weighted by Gasteiger charge is 2.11. The monoisotopic (exact) mass is 248 g/mol. The smallest absolute Gasteiger partial charge is 0.141 e. The van der Waals surface area contributed by atoms with Crippen molar-refractivity contribution in [3.8, 4) is 11.4 Å². The first-order valence-corrected chi connectivity index (χ1v) is 6.13. The van der Waals surface area contributed by atoms with Crippen LogP contribution in [0.15, 0.2) is 24.5 Å². The molecular formula is C13H17FN4. The normalized spacial score (nSPS) is 12.6. The first kappa shape index (κ1) is 12.7. The van der Waals surface area contributed by atoms with Crippen LogP contribution in [0.4, 0.5) is 4.39 Å². The van der Waals surface area contributed by atoms with Gasteiger partial charge in [-0.3, -0.25) is 4.98 Å². The van der Waals surface area contributed by atoms with E-state index in [1.165, 1.54) is 12.3 Å². The van der Waals surface area contributed by atoms with Crippen molar-refractivity contribution in [1.29, 1.82) is 0 Å². The van der Waals surface area contributed by atoms with Crippen LogP contribution in [-0.4, -0.2) is 15.0 Å². The van der Waals surface area contributed by atoms with Gasteiger partial charge in [-0.2, -0.15) is 0 Å². The summed E-state index contributed by atoms with van der Waals surface area (Å²) in [5.41, 5.74) is 7.45. The summed E-state index contributed by atoms with van der Waals surface area (Å²) >= 11 is 0. The molecule has 0 bridgehead atoms. The van der Waals surface area contributed by atoms with Gasteiger partial charge in [0, 0.05) is 0 Å². The third-order valence-electron chi connectivity index (χ3n) is 2.82. The number of pyridine rings is 1. The van der Waals surface area contributed by atoms with E-state index in [1.807, 2.05) is 0 Å². The number of nitrogens with one attached hydrogen (secondary N) is 1. The van der Waals surface area contributed by atoms with Gasteiger partial charge in [0.2, 0.25) is 0 Å². The number of rotatable bonds is 5. The Kier molecular flexibility index (Phi) is 4.04. The summed E-state index contributed by atoms with van der Waals surface area (Å²) in [4.78, 5) is 11.4. The van der Waals surface area contributed by atoms with Crippen molar-refractivity contribution in [2.75, 3.05) is 0 Å². The van der Waals surface area contributed by atoms with E-state index >= 15 is 0 Å². The predicted octanol–water partition coefficient (Wildman–Crippen LogP) is 2.80. The molecule has 1 unspecified atom stereocenters. The molecule has 2 aromatic heterocycles. The molecule has 5 heteroatoms. The molecule has 0 aliphatic carbocycles. The van der Waals surface area contributed by atoms with Gasteiger partial charge in [0.05, 0.1) is 29.8 Å². The van der Waals surface area contributed by atoms with E-state index < -0.39 is 0 Å². The zero-order chi connectivity index (χ0) is 13.0. The zero-order valence-electron chi connectivity index (χ0n) is 10.4. The molecule has 0 radical (unpaired) electrons. The Hall–Kier alpha value is -1.75. The fraction of sp³-hybridized carbons (Fsp3) is 0.385. The van der Waals surface area contributed by atoms with Gasteiger partial charge < -0.3 is 10.7 Å². The topological polar surface area (TPSA) is 67.6 Å². The SMILES string of the molecule is CCCCC(N)c1ncc(-c2ccc(F)cn2)[nH]1. The van der Waals surface area contributed by atoms with Crippen molar-refractivity contribution in [2.45, 2.75) is 32.2 Å². The molecule has 1 atom stereocenters. The summed E-state index contributed by atoms with van der Waals surface area (Å²) in [6.45, 7) is 2.13. The van der Waals surface area contributed by atoms with E-state index in [2.05, 4.69) is 21.9 Å². The molecular weight excluding hydrogens is 231 g/mol. The second-order valence-electron chi connectivity index (χ2n) is 4.29. The number of hydrogen-bond donors (Lipinski definition) is 2. The van der Waals surface area contributed by atoms with E-state index in [0.29, 0.717) is 5.69 Å². The first-order valence-electron chi connectivity index (χ1n) is 6.13. The van der Waals surface area contributed by atoms with Crippen LogP contribution in [0.5, 0.6) is 0 Å². The standard InChI is InChI=1S/C13H17FN4/c1-2-3-4-10(15)13-17-8-12(18-13)11-6-5-9(14)7-16-11/h5-8,10H,2-4,15H2,1H3,(H,17,18). The van der Waals surface area contributed by atoms with Crippen molar-refractivity contribution in [1.82, 2.24) is 15.0 Å². The number of halogens is 1. The molecule has 0 aromatic carbocycles. The highest BCUT2D eigenvalue weighted by atomic mass is 19.1. The molecule has 0 amide bonds. The fourth-order valence-electron chi connectivity index (χ4n) is 1.75. The maximum Gasteiger partial charge on any atom is 0.141 e. The highest BCUT2D eigenvalue weighted by Crippen LogP contribution is 2.19. The Bertz CT molecular complexity index is 492. The van der Waals surface area contributed by atoms with Gasteiger partial charge in [-0.1, -0.05) is 19.8 Å². The maximum atomic E-state index is 12.8. The lowest BCUT2D eigenvalue weighted by Crippen LogP contribution is -2.11. The van der Waals surface area contributed by atoms with Crippen LogP contribution in [0.2, 0.25) is 0 Å². The van der Waals surface area contributed by atoms with Gasteiger partial charge in [-0.25, -0.2) is 9.37 Å². The van der Waals surface area contributed by atoms with Crippen LogP contribution in [0.3, 0.4) is 0 Å². The molecule has 2 aromatic rings. The lowest BCUT2D eigenvalue weighted by Gasteiger charge is -2.06. The number of nitrogens with two attached hydrogens (primary N) is 1. The molecule has 2 rings (SSSR count). The number of imidazole rings is 1. The zero-order valence-corrected chi connectivity index (χ0v) is 10.4. The average molecular weight is 248 g/mol. The Balaban J connectivity index is 2.12. The number of unbranched alkanes of at least 4 members (excludes halogenated alkanes) is 1. The lowest BCUT2D eigenvalue weighted by molar-refractivity contribution is 0.580. The largest absolute Gasteiger partial charge is 0.339 e. The molecule has 3 N–H and O–H groups in total. The summed E-state index contributed by atoms with van der Waals surface area (Å²) < 4.78 is 12.8. The Morgan fingerprint density at radius 3 is 2.83 bits per heavy atom. The van der Waals surface area contributed by atoms with Gasteiger partial charge in [0.1, 0.15) is 11.6 Å². The summed E-state index contributed by atoms with van der Waals surface area (Å²) in [6.07, 6.45) is 5.96. The maximum absolute atomic E-state index is 12.8. The Morgan fingerprint density at radius 2 is 2.17 bits per heavy atom. The summed E-state index contributed by atoms with van der Waals surface area (Å²) in [5.74, 6) is 0.405. The second kappa shape index (κ2) is 5.73. The third kappa shape index (κ3) is 2.92. The molecule has 0 spiro atoms.